The maximum atomic E-state index is 12.6. The van der Waals surface area contributed by atoms with Crippen LogP contribution < -0.4 is 5.73 Å². The van der Waals surface area contributed by atoms with Gasteiger partial charge < -0.3 is 10.6 Å². The van der Waals surface area contributed by atoms with Gasteiger partial charge >= 0.3 is 0 Å². The number of nitrogens with zero attached hydrogens (tertiary/aromatic N) is 1. The van der Waals surface area contributed by atoms with Gasteiger partial charge in [-0.1, -0.05) is 35.9 Å². The van der Waals surface area contributed by atoms with Crippen LogP contribution in [0.2, 0.25) is 5.02 Å². The van der Waals surface area contributed by atoms with E-state index in [1.165, 1.54) is 11.1 Å². The quantitative estimate of drug-likeness (QED) is 0.819. The molecule has 2 N–H and O–H groups in total. The fraction of sp³-hybridized carbons (Fsp3) is 0.188. The first-order valence-electron chi connectivity index (χ1n) is 6.56. The van der Waals surface area contributed by atoms with Crippen LogP contribution in [0.1, 0.15) is 21.5 Å². The van der Waals surface area contributed by atoms with Crippen LogP contribution >= 0.6 is 11.6 Å². The Morgan fingerprint density at radius 3 is 2.70 bits per heavy atom. The molecule has 1 aliphatic rings. The number of carbonyl (C=O) groups is 1. The molecule has 20 heavy (non-hydrogen) atoms. The Hall–Kier alpha value is -2.00. The molecule has 3 nitrogen and oxygen atoms in total. The topological polar surface area (TPSA) is 46.3 Å². The molecule has 0 unspecified atom stereocenters. The molecular formula is C16H15ClN2O. The van der Waals surface area contributed by atoms with E-state index in [1.54, 1.807) is 18.2 Å². The highest BCUT2D eigenvalue weighted by atomic mass is 35.5. The normalized spacial score (nSPS) is 13.9. The van der Waals surface area contributed by atoms with Crippen molar-refractivity contribution in [2.45, 2.75) is 13.0 Å². The predicted octanol–water partition coefficient (Wildman–Crippen LogP) is 3.12. The minimum atomic E-state index is -0.0585. The summed E-state index contributed by atoms with van der Waals surface area (Å²) in [6, 6.07) is 13.2. The standard InChI is InChI=1S/C16H15ClN2O/c17-15-6-5-13(18)9-14(15)16(20)19-8-7-11-3-1-2-4-12(11)10-19/h1-6,9H,7-8,10,18H2. The van der Waals surface area contributed by atoms with E-state index in [0.717, 1.165) is 6.42 Å². The molecule has 0 saturated heterocycles. The summed E-state index contributed by atoms with van der Waals surface area (Å²) in [5.74, 6) is -0.0585. The number of hydrogen-bond acceptors (Lipinski definition) is 2. The van der Waals surface area contributed by atoms with Gasteiger partial charge in [0.2, 0.25) is 0 Å². The van der Waals surface area contributed by atoms with Crippen LogP contribution in [0, 0.1) is 0 Å². The van der Waals surface area contributed by atoms with E-state index in [0.29, 0.717) is 29.4 Å². The van der Waals surface area contributed by atoms with E-state index in [1.807, 2.05) is 17.0 Å². The largest absolute Gasteiger partial charge is 0.399 e. The van der Waals surface area contributed by atoms with E-state index in [2.05, 4.69) is 12.1 Å². The second kappa shape index (κ2) is 5.17. The third-order valence-electron chi connectivity index (χ3n) is 3.64. The fourth-order valence-corrected chi connectivity index (χ4v) is 2.74. The zero-order valence-corrected chi connectivity index (χ0v) is 11.7. The second-order valence-corrected chi connectivity index (χ2v) is 5.39. The molecule has 0 bridgehead atoms. The third kappa shape index (κ3) is 2.37. The molecule has 0 atom stereocenters. The number of hydrogen-bond donors (Lipinski definition) is 1. The maximum absolute atomic E-state index is 12.6. The number of benzene rings is 2. The Labute approximate surface area is 123 Å². The molecule has 0 saturated carbocycles. The summed E-state index contributed by atoms with van der Waals surface area (Å²) in [6.45, 7) is 1.33. The van der Waals surface area contributed by atoms with Gasteiger partial charge in [0.25, 0.3) is 5.91 Å². The first kappa shape index (κ1) is 13.0. The molecular weight excluding hydrogens is 272 g/mol. The number of halogens is 1. The van der Waals surface area contributed by atoms with Crippen molar-refractivity contribution in [3.8, 4) is 0 Å². The van der Waals surface area contributed by atoms with Crippen molar-refractivity contribution in [1.82, 2.24) is 4.90 Å². The van der Waals surface area contributed by atoms with E-state index in [4.69, 9.17) is 17.3 Å². The molecule has 1 amide bonds. The lowest BCUT2D eigenvalue weighted by molar-refractivity contribution is 0.0735. The number of nitrogens with two attached hydrogens (primary N) is 1. The Bertz CT molecular complexity index is 669. The van der Waals surface area contributed by atoms with Gasteiger partial charge in [-0.3, -0.25) is 4.79 Å². The molecule has 2 aromatic rings. The molecule has 0 aliphatic carbocycles. The molecule has 0 radical (unpaired) electrons. The van der Waals surface area contributed by atoms with Crippen molar-refractivity contribution in [2.75, 3.05) is 12.3 Å². The minimum Gasteiger partial charge on any atom is -0.399 e. The molecule has 1 heterocycles. The molecule has 0 spiro atoms. The van der Waals surface area contributed by atoms with Gasteiger partial charge in [-0.25, -0.2) is 0 Å². The van der Waals surface area contributed by atoms with Gasteiger partial charge in [0, 0.05) is 18.8 Å². The van der Waals surface area contributed by atoms with Gasteiger partial charge in [-0.15, -0.1) is 0 Å². The van der Waals surface area contributed by atoms with Crippen molar-refractivity contribution in [3.63, 3.8) is 0 Å². The van der Waals surface area contributed by atoms with Gasteiger partial charge in [-0.2, -0.15) is 0 Å². The van der Waals surface area contributed by atoms with Crippen molar-refractivity contribution in [1.29, 1.82) is 0 Å². The molecule has 1 aliphatic heterocycles. The van der Waals surface area contributed by atoms with E-state index in [-0.39, 0.29) is 5.91 Å². The van der Waals surface area contributed by atoms with Crippen LogP contribution in [0.4, 0.5) is 5.69 Å². The Morgan fingerprint density at radius 2 is 1.90 bits per heavy atom. The first-order valence-corrected chi connectivity index (χ1v) is 6.94. The zero-order valence-electron chi connectivity index (χ0n) is 11.0. The van der Waals surface area contributed by atoms with Crippen LogP contribution in [0.15, 0.2) is 42.5 Å². The lowest BCUT2D eigenvalue weighted by Crippen LogP contribution is -2.36. The van der Waals surface area contributed by atoms with Crippen LogP contribution in [-0.2, 0) is 13.0 Å². The number of nitrogen functional groups attached to an aromatic ring is 1. The van der Waals surface area contributed by atoms with Crippen LogP contribution in [0.3, 0.4) is 0 Å². The highest BCUT2D eigenvalue weighted by Crippen LogP contribution is 2.24. The summed E-state index contributed by atoms with van der Waals surface area (Å²) in [5, 5.41) is 0.447. The maximum Gasteiger partial charge on any atom is 0.255 e. The minimum absolute atomic E-state index is 0.0585. The van der Waals surface area contributed by atoms with E-state index in [9.17, 15) is 4.79 Å². The third-order valence-corrected chi connectivity index (χ3v) is 3.97. The van der Waals surface area contributed by atoms with Gasteiger partial charge in [0.1, 0.15) is 0 Å². The summed E-state index contributed by atoms with van der Waals surface area (Å²) >= 11 is 6.11. The van der Waals surface area contributed by atoms with Gasteiger partial charge in [-0.05, 0) is 35.7 Å². The smallest absolute Gasteiger partial charge is 0.255 e. The highest BCUT2D eigenvalue weighted by molar-refractivity contribution is 6.34. The lowest BCUT2D eigenvalue weighted by Gasteiger charge is -2.29. The van der Waals surface area contributed by atoms with Gasteiger partial charge in [0.15, 0.2) is 0 Å². The molecule has 3 rings (SSSR count). The van der Waals surface area contributed by atoms with Crippen LogP contribution in [0.5, 0.6) is 0 Å². The SMILES string of the molecule is Nc1ccc(Cl)c(C(=O)N2CCc3ccccc3C2)c1. The summed E-state index contributed by atoms with van der Waals surface area (Å²) < 4.78 is 0. The fourth-order valence-electron chi connectivity index (χ4n) is 2.55. The Morgan fingerprint density at radius 1 is 1.15 bits per heavy atom. The van der Waals surface area contributed by atoms with Crippen molar-refractivity contribution < 1.29 is 4.79 Å². The summed E-state index contributed by atoms with van der Waals surface area (Å²) in [6.07, 6.45) is 0.877. The van der Waals surface area contributed by atoms with Crippen molar-refractivity contribution in [3.05, 3.63) is 64.2 Å². The molecule has 0 aromatic heterocycles. The molecule has 0 fully saturated rings. The van der Waals surface area contributed by atoms with Crippen molar-refractivity contribution in [2.24, 2.45) is 0 Å². The predicted molar refractivity (Wildman–Crippen MR) is 80.8 cm³/mol. The second-order valence-electron chi connectivity index (χ2n) is 4.98. The van der Waals surface area contributed by atoms with Crippen LogP contribution in [-0.4, -0.2) is 17.4 Å². The lowest BCUT2D eigenvalue weighted by atomic mass is 9.99. The number of fused-ring (bicyclic) bond motifs is 1. The number of amides is 1. The first-order chi connectivity index (χ1) is 9.65. The summed E-state index contributed by atoms with van der Waals surface area (Å²) in [7, 11) is 0. The molecule has 4 heteroatoms. The highest BCUT2D eigenvalue weighted by Gasteiger charge is 2.23. The zero-order chi connectivity index (χ0) is 14.1. The molecule has 102 valence electrons. The van der Waals surface area contributed by atoms with E-state index >= 15 is 0 Å². The summed E-state index contributed by atoms with van der Waals surface area (Å²) in [5.41, 5.74) is 9.29. The van der Waals surface area contributed by atoms with E-state index < -0.39 is 0 Å². The van der Waals surface area contributed by atoms with Gasteiger partial charge in [0.05, 0.1) is 10.6 Å². The number of carbonyl (C=O) groups excluding carboxylic acids is 1. The monoisotopic (exact) mass is 286 g/mol. The number of rotatable bonds is 1. The summed E-state index contributed by atoms with van der Waals surface area (Å²) in [4.78, 5) is 14.4. The molecule has 2 aromatic carbocycles. The average Bonchev–Trinajstić information content (AvgIpc) is 2.48. The van der Waals surface area contributed by atoms with Crippen molar-refractivity contribution >= 4 is 23.2 Å². The Kier molecular flexibility index (Phi) is 3.36. The average molecular weight is 287 g/mol. The number of anilines is 1. The van der Waals surface area contributed by atoms with Crippen LogP contribution in [0.25, 0.3) is 0 Å². The Balaban J connectivity index is 1.88.